The van der Waals surface area contributed by atoms with Crippen molar-refractivity contribution < 1.29 is 17.9 Å². The molecule has 154 valence electrons. The van der Waals surface area contributed by atoms with E-state index in [9.17, 15) is 13.2 Å². The molecule has 3 heterocycles. The van der Waals surface area contributed by atoms with Crippen LogP contribution in [0.2, 0.25) is 0 Å². The minimum Gasteiger partial charge on any atom is -0.376 e. The summed E-state index contributed by atoms with van der Waals surface area (Å²) in [5.41, 5.74) is 0.971. The zero-order valence-electron chi connectivity index (χ0n) is 15.8. The standard InChI is InChI=1S/C20H20F3N3OS2/c1-13-8-15(12-28-13)18-24-25-19(26(18)10-17-6-3-7-27-17)29-11-14-4-2-5-16(9-14)20(21,22)23/h2,4-5,8-9,12,17H,3,6-7,10-11H2,1H3. The highest BCUT2D eigenvalue weighted by Crippen LogP contribution is 2.33. The third-order valence-electron chi connectivity index (χ3n) is 4.74. The molecule has 9 heteroatoms. The second-order valence-corrected chi connectivity index (χ2v) is 9.04. The molecule has 1 unspecified atom stereocenters. The molecule has 0 amide bonds. The fourth-order valence-corrected chi connectivity index (χ4v) is 4.88. The molecule has 3 aromatic rings. The summed E-state index contributed by atoms with van der Waals surface area (Å²) in [4.78, 5) is 1.19. The third-order valence-corrected chi connectivity index (χ3v) is 6.64. The number of thioether (sulfide) groups is 1. The van der Waals surface area contributed by atoms with Crippen LogP contribution in [-0.4, -0.2) is 27.5 Å². The third kappa shape index (κ3) is 4.84. The molecule has 1 fully saturated rings. The van der Waals surface area contributed by atoms with Gasteiger partial charge in [0.05, 0.1) is 18.2 Å². The smallest absolute Gasteiger partial charge is 0.376 e. The van der Waals surface area contributed by atoms with Crippen molar-refractivity contribution in [2.75, 3.05) is 6.61 Å². The van der Waals surface area contributed by atoms with Crippen LogP contribution in [0.25, 0.3) is 11.4 Å². The van der Waals surface area contributed by atoms with Crippen LogP contribution in [0.5, 0.6) is 0 Å². The number of alkyl halides is 3. The molecule has 0 aliphatic carbocycles. The van der Waals surface area contributed by atoms with E-state index >= 15 is 0 Å². The van der Waals surface area contributed by atoms with Crippen LogP contribution in [0.15, 0.2) is 40.9 Å². The van der Waals surface area contributed by atoms with Crippen LogP contribution in [0.1, 0.15) is 28.8 Å². The highest BCUT2D eigenvalue weighted by molar-refractivity contribution is 7.98. The molecular formula is C20H20F3N3OS2. The molecule has 4 rings (SSSR count). The monoisotopic (exact) mass is 439 g/mol. The lowest BCUT2D eigenvalue weighted by Crippen LogP contribution is -2.16. The summed E-state index contributed by atoms with van der Waals surface area (Å²) >= 11 is 3.04. The van der Waals surface area contributed by atoms with Gasteiger partial charge < -0.3 is 4.74 Å². The van der Waals surface area contributed by atoms with Crippen LogP contribution < -0.4 is 0 Å². The van der Waals surface area contributed by atoms with Crippen LogP contribution >= 0.6 is 23.1 Å². The van der Waals surface area contributed by atoms with Gasteiger partial charge in [0.1, 0.15) is 0 Å². The number of aryl methyl sites for hydroxylation is 1. The van der Waals surface area contributed by atoms with Crippen molar-refractivity contribution in [3.05, 3.63) is 51.7 Å². The fraction of sp³-hybridized carbons (Fsp3) is 0.400. The Bertz CT molecular complexity index is 978. The predicted molar refractivity (Wildman–Crippen MR) is 108 cm³/mol. The molecule has 0 bridgehead atoms. The van der Waals surface area contributed by atoms with Crippen LogP contribution in [0.3, 0.4) is 0 Å². The summed E-state index contributed by atoms with van der Waals surface area (Å²) in [6, 6.07) is 7.49. The first-order valence-corrected chi connectivity index (χ1v) is 11.2. The Morgan fingerprint density at radius 2 is 2.14 bits per heavy atom. The van der Waals surface area contributed by atoms with E-state index in [1.165, 1.54) is 28.8 Å². The van der Waals surface area contributed by atoms with Crippen molar-refractivity contribution in [2.24, 2.45) is 0 Å². The number of ether oxygens (including phenoxy) is 1. The Morgan fingerprint density at radius 3 is 2.83 bits per heavy atom. The summed E-state index contributed by atoms with van der Waals surface area (Å²) in [5, 5.41) is 11.4. The second-order valence-electron chi connectivity index (χ2n) is 6.98. The van der Waals surface area contributed by atoms with E-state index in [0.29, 0.717) is 23.0 Å². The van der Waals surface area contributed by atoms with E-state index < -0.39 is 11.7 Å². The number of aromatic nitrogens is 3. The SMILES string of the molecule is Cc1cc(-c2nnc(SCc3cccc(C(F)(F)F)c3)n2CC2CCCO2)cs1. The van der Waals surface area contributed by atoms with Gasteiger partial charge in [0.2, 0.25) is 0 Å². The lowest BCUT2D eigenvalue weighted by molar-refractivity contribution is -0.137. The van der Waals surface area contributed by atoms with E-state index in [2.05, 4.69) is 16.3 Å². The number of hydrogen-bond donors (Lipinski definition) is 0. The highest BCUT2D eigenvalue weighted by Gasteiger charge is 2.30. The van der Waals surface area contributed by atoms with Crippen molar-refractivity contribution >= 4 is 23.1 Å². The van der Waals surface area contributed by atoms with Crippen LogP contribution in [-0.2, 0) is 23.2 Å². The Kier molecular flexibility index (Phi) is 5.98. The van der Waals surface area contributed by atoms with Crippen molar-refractivity contribution in [1.29, 1.82) is 0 Å². The molecule has 1 aliphatic heterocycles. The summed E-state index contributed by atoms with van der Waals surface area (Å²) in [6.07, 6.45) is -2.22. The average molecular weight is 440 g/mol. The summed E-state index contributed by atoms with van der Waals surface area (Å²) in [5.74, 6) is 1.16. The van der Waals surface area contributed by atoms with E-state index in [4.69, 9.17) is 4.74 Å². The zero-order valence-corrected chi connectivity index (χ0v) is 17.4. The summed E-state index contributed by atoms with van der Waals surface area (Å²) in [7, 11) is 0. The van der Waals surface area contributed by atoms with E-state index in [0.717, 1.165) is 36.9 Å². The minimum absolute atomic E-state index is 0.109. The largest absolute Gasteiger partial charge is 0.416 e. The predicted octanol–water partition coefficient (Wildman–Crippen LogP) is 5.81. The molecule has 1 saturated heterocycles. The van der Waals surface area contributed by atoms with Crippen molar-refractivity contribution in [1.82, 2.24) is 14.8 Å². The van der Waals surface area contributed by atoms with Crippen molar-refractivity contribution in [3.8, 4) is 11.4 Å². The summed E-state index contributed by atoms with van der Waals surface area (Å²) in [6.45, 7) is 3.44. The van der Waals surface area contributed by atoms with Gasteiger partial charge in [-0.3, -0.25) is 4.57 Å². The molecule has 1 atom stereocenters. The zero-order chi connectivity index (χ0) is 20.4. The number of rotatable bonds is 6. The maximum absolute atomic E-state index is 13.0. The quantitative estimate of drug-likeness (QED) is 0.455. The second kappa shape index (κ2) is 8.49. The Balaban J connectivity index is 1.57. The first-order chi connectivity index (χ1) is 13.9. The minimum atomic E-state index is -4.34. The summed E-state index contributed by atoms with van der Waals surface area (Å²) < 4.78 is 46.7. The number of halogens is 3. The molecule has 0 spiro atoms. The molecule has 29 heavy (non-hydrogen) atoms. The topological polar surface area (TPSA) is 39.9 Å². The lowest BCUT2D eigenvalue weighted by atomic mass is 10.1. The van der Waals surface area contributed by atoms with Crippen LogP contribution in [0, 0.1) is 6.92 Å². The number of nitrogens with zero attached hydrogens (tertiary/aromatic N) is 3. The lowest BCUT2D eigenvalue weighted by Gasteiger charge is -2.14. The number of thiophene rings is 1. The van der Waals surface area contributed by atoms with Gasteiger partial charge in [-0.2, -0.15) is 13.2 Å². The number of benzene rings is 1. The fourth-order valence-electron chi connectivity index (χ4n) is 3.31. The Hall–Kier alpha value is -1.84. The average Bonchev–Trinajstić information content (AvgIpc) is 3.42. The van der Waals surface area contributed by atoms with Gasteiger partial charge in [0.15, 0.2) is 11.0 Å². The normalized spacial score (nSPS) is 17.2. The molecule has 4 nitrogen and oxygen atoms in total. The van der Waals surface area contributed by atoms with Gasteiger partial charge >= 0.3 is 6.18 Å². The van der Waals surface area contributed by atoms with Gasteiger partial charge in [-0.15, -0.1) is 21.5 Å². The molecule has 0 radical (unpaired) electrons. The van der Waals surface area contributed by atoms with Crippen molar-refractivity contribution in [3.63, 3.8) is 0 Å². The molecule has 1 aliphatic rings. The molecule has 2 aromatic heterocycles. The maximum atomic E-state index is 13.0. The van der Waals surface area contributed by atoms with E-state index in [1.54, 1.807) is 17.4 Å². The Labute approximate surface area is 175 Å². The van der Waals surface area contributed by atoms with E-state index in [-0.39, 0.29) is 6.10 Å². The Morgan fingerprint density at radius 1 is 1.28 bits per heavy atom. The van der Waals surface area contributed by atoms with Crippen molar-refractivity contribution in [2.45, 2.75) is 49.5 Å². The maximum Gasteiger partial charge on any atom is 0.416 e. The van der Waals surface area contributed by atoms with Crippen LogP contribution in [0.4, 0.5) is 13.2 Å². The first-order valence-electron chi connectivity index (χ1n) is 9.29. The van der Waals surface area contributed by atoms with Gasteiger partial charge in [0.25, 0.3) is 0 Å². The highest BCUT2D eigenvalue weighted by atomic mass is 32.2. The van der Waals surface area contributed by atoms with Gasteiger partial charge in [-0.05, 0) is 37.5 Å². The van der Waals surface area contributed by atoms with Gasteiger partial charge in [-0.25, -0.2) is 0 Å². The van der Waals surface area contributed by atoms with Gasteiger partial charge in [-0.1, -0.05) is 30.0 Å². The van der Waals surface area contributed by atoms with E-state index in [1.807, 2.05) is 16.9 Å². The molecule has 1 aromatic carbocycles. The first kappa shape index (κ1) is 20.4. The molecular weight excluding hydrogens is 419 g/mol. The molecule has 0 saturated carbocycles. The molecule has 0 N–H and O–H groups in total. The number of hydrogen-bond acceptors (Lipinski definition) is 5. The van der Waals surface area contributed by atoms with Gasteiger partial charge in [0, 0.05) is 28.2 Å².